The minimum absolute atomic E-state index is 0.177. The first-order valence-corrected chi connectivity index (χ1v) is 8.45. The molecular weight excluding hydrogens is 308 g/mol. The van der Waals surface area contributed by atoms with Gasteiger partial charge in [0.1, 0.15) is 0 Å². The van der Waals surface area contributed by atoms with Crippen LogP contribution in [0.3, 0.4) is 0 Å². The molecule has 0 aromatic heterocycles. The van der Waals surface area contributed by atoms with Crippen LogP contribution in [0, 0.1) is 0 Å². The van der Waals surface area contributed by atoms with Crippen molar-refractivity contribution in [3.05, 3.63) is 59.7 Å². The Morgan fingerprint density at radius 1 is 1.05 bits per heavy atom. The second-order valence-corrected chi connectivity index (χ2v) is 7.24. The highest BCUT2D eigenvalue weighted by Crippen LogP contribution is 2.28. The average Bonchev–Trinajstić information content (AvgIpc) is 2.54. The van der Waals surface area contributed by atoms with Gasteiger partial charge in [-0.2, -0.15) is 12.2 Å². The number of rotatable bonds is 3. The van der Waals surface area contributed by atoms with E-state index in [1.165, 1.54) is 17.7 Å². The van der Waals surface area contributed by atoms with Crippen LogP contribution in [0.1, 0.15) is 11.1 Å². The monoisotopic (exact) mass is 322 g/mol. The predicted octanol–water partition coefficient (Wildman–Crippen LogP) is 2.68. The predicted molar refractivity (Wildman–Crippen MR) is 83.8 cm³/mol. The van der Waals surface area contributed by atoms with Gasteiger partial charge < -0.3 is 5.32 Å². The molecule has 6 heteroatoms. The van der Waals surface area contributed by atoms with E-state index in [0.29, 0.717) is 5.69 Å². The zero-order chi connectivity index (χ0) is 14.9. The van der Waals surface area contributed by atoms with Gasteiger partial charge in [-0.15, -0.1) is 0 Å². The third-order valence-corrected chi connectivity index (χ3v) is 5.77. The number of nitrogens with one attached hydrogen (secondary N) is 1. The zero-order valence-corrected chi connectivity index (χ0v) is 12.9. The molecule has 0 fully saturated rings. The molecule has 0 unspecified atom stereocenters. The molecule has 1 aliphatic rings. The Morgan fingerprint density at radius 3 is 2.57 bits per heavy atom. The van der Waals surface area contributed by atoms with Crippen molar-refractivity contribution in [3.63, 3.8) is 0 Å². The summed E-state index contributed by atoms with van der Waals surface area (Å²) in [5, 5.41) is 3.27. The van der Waals surface area contributed by atoms with Crippen molar-refractivity contribution >= 4 is 27.5 Å². The third-order valence-electron chi connectivity index (χ3n) is 3.53. The molecule has 0 atom stereocenters. The van der Waals surface area contributed by atoms with Crippen molar-refractivity contribution in [2.24, 2.45) is 0 Å². The first-order chi connectivity index (χ1) is 10.1. The molecule has 0 bridgehead atoms. The summed E-state index contributed by atoms with van der Waals surface area (Å²) in [6.45, 7) is 1.68. The molecule has 1 heterocycles. The molecule has 3 rings (SSSR count). The summed E-state index contributed by atoms with van der Waals surface area (Å²) < 4.78 is 25.8. The highest BCUT2D eigenvalue weighted by Gasteiger charge is 2.24. The standard InChI is InChI=1S/C15H15ClN2O2S/c16-18(21(19,20)15-4-2-1-3-5-15)14-7-6-12-8-9-17-11-13(12)10-14/h1-7,10,17H,8-9,11H2. The molecule has 4 nitrogen and oxygen atoms in total. The minimum Gasteiger partial charge on any atom is -0.312 e. The number of hydrogen-bond donors (Lipinski definition) is 1. The van der Waals surface area contributed by atoms with Crippen LogP contribution in [-0.2, 0) is 23.0 Å². The van der Waals surface area contributed by atoms with E-state index >= 15 is 0 Å². The number of hydrogen-bond acceptors (Lipinski definition) is 3. The zero-order valence-electron chi connectivity index (χ0n) is 11.3. The first-order valence-electron chi connectivity index (χ1n) is 6.68. The normalized spacial score (nSPS) is 14.5. The van der Waals surface area contributed by atoms with E-state index in [0.717, 1.165) is 28.9 Å². The summed E-state index contributed by atoms with van der Waals surface area (Å²) in [7, 11) is -3.74. The number of nitrogens with zero attached hydrogens (tertiary/aromatic N) is 1. The van der Waals surface area contributed by atoms with Gasteiger partial charge in [0.05, 0.1) is 10.6 Å². The lowest BCUT2D eigenvalue weighted by molar-refractivity contribution is 0.598. The Bertz CT molecular complexity index is 748. The van der Waals surface area contributed by atoms with Gasteiger partial charge >= 0.3 is 0 Å². The number of benzene rings is 2. The molecule has 1 aliphatic heterocycles. The number of fused-ring (bicyclic) bond motifs is 1. The van der Waals surface area contributed by atoms with Crippen LogP contribution in [-0.4, -0.2) is 15.0 Å². The molecule has 0 saturated heterocycles. The third kappa shape index (κ3) is 2.77. The summed E-state index contributed by atoms with van der Waals surface area (Å²) in [6.07, 6.45) is 0.948. The molecule has 0 saturated carbocycles. The largest absolute Gasteiger partial charge is 0.312 e. The van der Waals surface area contributed by atoms with Crippen molar-refractivity contribution < 1.29 is 8.42 Å². The van der Waals surface area contributed by atoms with Crippen molar-refractivity contribution in [2.45, 2.75) is 17.9 Å². The van der Waals surface area contributed by atoms with Gasteiger partial charge in [0.15, 0.2) is 0 Å². The highest BCUT2D eigenvalue weighted by atomic mass is 35.5. The molecule has 1 N–H and O–H groups in total. The molecule has 110 valence electrons. The van der Waals surface area contributed by atoms with Gasteiger partial charge in [0.25, 0.3) is 10.0 Å². The van der Waals surface area contributed by atoms with Crippen LogP contribution in [0.25, 0.3) is 0 Å². The quantitative estimate of drug-likeness (QED) is 0.884. The van der Waals surface area contributed by atoms with Crippen molar-refractivity contribution in [1.82, 2.24) is 5.32 Å². The van der Waals surface area contributed by atoms with Crippen molar-refractivity contribution in [3.8, 4) is 0 Å². The summed E-state index contributed by atoms with van der Waals surface area (Å²) >= 11 is 6.10. The number of sulfonamides is 1. The van der Waals surface area contributed by atoms with Crippen LogP contribution in [0.2, 0.25) is 0 Å². The first kappa shape index (κ1) is 14.4. The lowest BCUT2D eigenvalue weighted by atomic mass is 10.0. The topological polar surface area (TPSA) is 49.4 Å². The smallest absolute Gasteiger partial charge is 0.278 e. The lowest BCUT2D eigenvalue weighted by Crippen LogP contribution is -2.25. The van der Waals surface area contributed by atoms with E-state index in [9.17, 15) is 8.42 Å². The average molecular weight is 323 g/mol. The van der Waals surface area contributed by atoms with Crippen LogP contribution in [0.15, 0.2) is 53.4 Å². The Morgan fingerprint density at radius 2 is 1.81 bits per heavy atom. The van der Waals surface area contributed by atoms with Crippen LogP contribution >= 0.6 is 11.8 Å². The van der Waals surface area contributed by atoms with Crippen LogP contribution in [0.5, 0.6) is 0 Å². The molecule has 0 spiro atoms. The fourth-order valence-corrected chi connectivity index (χ4v) is 3.82. The van der Waals surface area contributed by atoms with E-state index in [-0.39, 0.29) is 4.90 Å². The Balaban J connectivity index is 1.97. The number of anilines is 1. The van der Waals surface area contributed by atoms with Gasteiger partial charge in [-0.1, -0.05) is 24.3 Å². The maximum absolute atomic E-state index is 12.5. The molecule has 21 heavy (non-hydrogen) atoms. The molecule has 0 radical (unpaired) electrons. The summed E-state index contributed by atoms with van der Waals surface area (Å²) in [5.74, 6) is 0. The highest BCUT2D eigenvalue weighted by molar-refractivity contribution is 7.94. The van der Waals surface area contributed by atoms with Gasteiger partial charge in [-0.05, 0) is 48.4 Å². The SMILES string of the molecule is O=S(=O)(c1ccccc1)N(Cl)c1ccc2c(c1)CNCC2. The van der Waals surface area contributed by atoms with E-state index in [4.69, 9.17) is 11.8 Å². The maximum atomic E-state index is 12.5. The fraction of sp³-hybridized carbons (Fsp3) is 0.200. The van der Waals surface area contributed by atoms with E-state index < -0.39 is 10.0 Å². The molecule has 0 aliphatic carbocycles. The maximum Gasteiger partial charge on any atom is 0.278 e. The summed E-state index contributed by atoms with van der Waals surface area (Å²) in [4.78, 5) is 0.177. The molecule has 2 aromatic carbocycles. The van der Waals surface area contributed by atoms with Crippen molar-refractivity contribution in [1.29, 1.82) is 0 Å². The van der Waals surface area contributed by atoms with E-state index in [1.54, 1.807) is 24.3 Å². The Kier molecular flexibility index (Phi) is 3.89. The van der Waals surface area contributed by atoms with Crippen LogP contribution in [0.4, 0.5) is 5.69 Å². The lowest BCUT2D eigenvalue weighted by Gasteiger charge is -2.21. The van der Waals surface area contributed by atoms with Gasteiger partial charge in [0.2, 0.25) is 0 Å². The van der Waals surface area contributed by atoms with E-state index in [1.807, 2.05) is 12.1 Å². The number of halogens is 1. The minimum atomic E-state index is -3.74. The second kappa shape index (κ2) is 5.67. The van der Waals surface area contributed by atoms with Gasteiger partial charge in [-0.25, -0.2) is 0 Å². The molecule has 0 amide bonds. The van der Waals surface area contributed by atoms with E-state index in [2.05, 4.69) is 5.32 Å². The molecule has 2 aromatic rings. The fourth-order valence-electron chi connectivity index (χ4n) is 2.40. The molecular formula is C15H15ClN2O2S. The summed E-state index contributed by atoms with van der Waals surface area (Å²) in [6, 6.07) is 13.7. The Labute approximate surface area is 129 Å². The van der Waals surface area contributed by atoms with Crippen LogP contribution < -0.4 is 9.14 Å². The second-order valence-electron chi connectivity index (χ2n) is 4.91. The Hall–Kier alpha value is -1.56. The van der Waals surface area contributed by atoms with Crippen molar-refractivity contribution in [2.75, 3.05) is 10.4 Å². The van der Waals surface area contributed by atoms with Gasteiger partial charge in [-0.3, -0.25) is 0 Å². The van der Waals surface area contributed by atoms with Gasteiger partial charge in [0, 0.05) is 18.3 Å². The summed E-state index contributed by atoms with van der Waals surface area (Å²) in [5.41, 5.74) is 2.79.